The highest BCUT2D eigenvalue weighted by Gasteiger charge is 2.34. The first-order valence-corrected chi connectivity index (χ1v) is 9.83. The van der Waals surface area contributed by atoms with Crippen molar-refractivity contribution in [2.45, 2.75) is 4.90 Å². The van der Waals surface area contributed by atoms with Gasteiger partial charge in [0.15, 0.2) is 17.5 Å². The molecular weight excluding hydrogens is 424 g/mol. The Hall–Kier alpha value is -2.17. The van der Waals surface area contributed by atoms with Crippen LogP contribution in [0.3, 0.4) is 0 Å². The number of rotatable bonds is 3. The van der Waals surface area contributed by atoms with Gasteiger partial charge in [-0.15, -0.1) is 0 Å². The van der Waals surface area contributed by atoms with E-state index in [0.29, 0.717) is 12.1 Å². The molecule has 1 heterocycles. The molecule has 0 unspecified atom stereocenters. The molecule has 1 saturated heterocycles. The maximum atomic E-state index is 13.9. The molecule has 11 heteroatoms. The summed E-state index contributed by atoms with van der Waals surface area (Å²) < 4.78 is 80.2. The van der Waals surface area contributed by atoms with Crippen LogP contribution in [0.15, 0.2) is 35.2 Å². The number of hydrogen-bond donors (Lipinski definition) is 0. The second kappa shape index (κ2) is 7.69. The van der Waals surface area contributed by atoms with Crippen LogP contribution in [-0.4, -0.2) is 49.7 Å². The number of amides is 1. The average Bonchev–Trinajstić information content (AvgIpc) is 2.66. The number of hydrogen-bond acceptors (Lipinski definition) is 3. The Balaban J connectivity index is 1.78. The molecule has 3 rings (SSSR count). The van der Waals surface area contributed by atoms with Crippen LogP contribution in [0.25, 0.3) is 0 Å². The molecule has 2 aromatic carbocycles. The Labute approximate surface area is 163 Å². The summed E-state index contributed by atoms with van der Waals surface area (Å²) in [4.78, 5) is 12.7. The smallest absolute Gasteiger partial charge is 0.258 e. The molecule has 150 valence electrons. The van der Waals surface area contributed by atoms with Crippen LogP contribution in [-0.2, 0) is 10.0 Å². The summed E-state index contributed by atoms with van der Waals surface area (Å²) in [6.07, 6.45) is 0. The molecule has 0 spiro atoms. The van der Waals surface area contributed by atoms with Crippen LogP contribution >= 0.6 is 11.6 Å². The first-order chi connectivity index (χ1) is 13.1. The van der Waals surface area contributed by atoms with Crippen LogP contribution in [0.2, 0.25) is 5.02 Å². The molecule has 0 aromatic heterocycles. The third kappa shape index (κ3) is 3.59. The predicted octanol–water partition coefficient (Wildman–Crippen LogP) is 3.04. The highest BCUT2D eigenvalue weighted by atomic mass is 35.5. The van der Waals surface area contributed by atoms with E-state index in [2.05, 4.69) is 0 Å². The van der Waals surface area contributed by atoms with Gasteiger partial charge in [-0.05, 0) is 24.3 Å². The van der Waals surface area contributed by atoms with Crippen molar-refractivity contribution < 1.29 is 30.8 Å². The van der Waals surface area contributed by atoms with E-state index >= 15 is 0 Å². The van der Waals surface area contributed by atoms with E-state index in [9.17, 15) is 30.8 Å². The number of carbonyl (C=O) groups excluding carboxylic acids is 1. The molecule has 0 saturated carbocycles. The van der Waals surface area contributed by atoms with Gasteiger partial charge in [-0.2, -0.15) is 4.31 Å². The van der Waals surface area contributed by atoms with Gasteiger partial charge < -0.3 is 4.90 Å². The molecule has 1 fully saturated rings. The lowest BCUT2D eigenvalue weighted by Crippen LogP contribution is -2.50. The SMILES string of the molecule is O=C(c1c(F)cccc1Cl)N1CCN(S(=O)(=O)c2ccc(F)c(F)c2F)CC1. The number of sulfonamides is 1. The quantitative estimate of drug-likeness (QED) is 0.549. The number of nitrogens with zero attached hydrogens (tertiary/aromatic N) is 2. The summed E-state index contributed by atoms with van der Waals surface area (Å²) >= 11 is 5.87. The second-order valence-corrected chi connectivity index (χ2v) is 8.28. The predicted molar refractivity (Wildman–Crippen MR) is 92.4 cm³/mol. The van der Waals surface area contributed by atoms with Gasteiger partial charge in [0.25, 0.3) is 5.91 Å². The van der Waals surface area contributed by atoms with Crippen molar-refractivity contribution in [2.24, 2.45) is 0 Å². The van der Waals surface area contributed by atoms with Gasteiger partial charge in [0.1, 0.15) is 10.7 Å². The fraction of sp³-hybridized carbons (Fsp3) is 0.235. The number of piperazine rings is 1. The maximum Gasteiger partial charge on any atom is 0.258 e. The Morgan fingerprint density at radius 2 is 1.54 bits per heavy atom. The Kier molecular flexibility index (Phi) is 5.64. The third-order valence-electron chi connectivity index (χ3n) is 4.32. The first-order valence-electron chi connectivity index (χ1n) is 8.01. The zero-order valence-electron chi connectivity index (χ0n) is 14.1. The van der Waals surface area contributed by atoms with Gasteiger partial charge in [-0.25, -0.2) is 26.0 Å². The van der Waals surface area contributed by atoms with Crippen molar-refractivity contribution in [2.75, 3.05) is 26.2 Å². The normalized spacial score (nSPS) is 15.7. The minimum Gasteiger partial charge on any atom is -0.336 e. The van der Waals surface area contributed by atoms with Crippen LogP contribution in [0.5, 0.6) is 0 Å². The topological polar surface area (TPSA) is 57.7 Å². The molecule has 0 N–H and O–H groups in total. The average molecular weight is 437 g/mol. The summed E-state index contributed by atoms with van der Waals surface area (Å²) in [6, 6.07) is 4.93. The van der Waals surface area contributed by atoms with Crippen LogP contribution in [0.1, 0.15) is 10.4 Å². The number of carbonyl (C=O) groups is 1. The summed E-state index contributed by atoms with van der Waals surface area (Å²) in [7, 11) is -4.45. The fourth-order valence-corrected chi connectivity index (χ4v) is 4.56. The highest BCUT2D eigenvalue weighted by molar-refractivity contribution is 7.89. The van der Waals surface area contributed by atoms with Crippen molar-refractivity contribution in [3.8, 4) is 0 Å². The van der Waals surface area contributed by atoms with E-state index < -0.39 is 44.1 Å². The van der Waals surface area contributed by atoms with E-state index in [1.54, 1.807) is 0 Å². The third-order valence-corrected chi connectivity index (χ3v) is 6.55. The van der Waals surface area contributed by atoms with E-state index in [4.69, 9.17) is 11.6 Å². The van der Waals surface area contributed by atoms with Crippen molar-refractivity contribution in [1.82, 2.24) is 9.21 Å². The zero-order chi connectivity index (χ0) is 20.6. The first kappa shape index (κ1) is 20.6. The number of halogens is 5. The van der Waals surface area contributed by atoms with E-state index in [1.807, 2.05) is 0 Å². The van der Waals surface area contributed by atoms with Crippen molar-refractivity contribution >= 4 is 27.5 Å². The molecular formula is C17H13ClF4N2O3S. The highest BCUT2D eigenvalue weighted by Crippen LogP contribution is 2.25. The zero-order valence-corrected chi connectivity index (χ0v) is 15.7. The summed E-state index contributed by atoms with van der Waals surface area (Å²) in [5, 5.41) is -0.0797. The standard InChI is InChI=1S/C17H13ClF4N2O3S/c18-10-2-1-3-11(19)14(10)17(25)23-6-8-24(9-7-23)28(26,27)13-5-4-12(20)15(21)16(13)22/h1-5H,6-9H2. The lowest BCUT2D eigenvalue weighted by Gasteiger charge is -2.34. The van der Waals surface area contributed by atoms with Crippen molar-refractivity contribution in [3.63, 3.8) is 0 Å². The van der Waals surface area contributed by atoms with E-state index in [0.717, 1.165) is 10.4 Å². The minimum absolute atomic E-state index is 0.0797. The maximum absolute atomic E-state index is 13.9. The molecule has 0 aliphatic carbocycles. The molecule has 0 radical (unpaired) electrons. The van der Waals surface area contributed by atoms with Crippen LogP contribution < -0.4 is 0 Å². The van der Waals surface area contributed by atoms with Crippen molar-refractivity contribution in [1.29, 1.82) is 0 Å². The summed E-state index contributed by atoms with van der Waals surface area (Å²) in [6.45, 7) is -0.709. The van der Waals surface area contributed by atoms with Gasteiger partial charge in [-0.3, -0.25) is 4.79 Å². The summed E-state index contributed by atoms with van der Waals surface area (Å²) in [5.41, 5.74) is -0.327. The van der Waals surface area contributed by atoms with Crippen LogP contribution in [0.4, 0.5) is 17.6 Å². The van der Waals surface area contributed by atoms with Crippen LogP contribution in [0, 0.1) is 23.3 Å². The molecule has 28 heavy (non-hydrogen) atoms. The monoisotopic (exact) mass is 436 g/mol. The lowest BCUT2D eigenvalue weighted by atomic mass is 10.1. The lowest BCUT2D eigenvalue weighted by molar-refractivity contribution is 0.0693. The van der Waals surface area contributed by atoms with Gasteiger partial charge in [-0.1, -0.05) is 17.7 Å². The molecule has 1 aliphatic heterocycles. The van der Waals surface area contributed by atoms with E-state index in [1.165, 1.54) is 17.0 Å². The van der Waals surface area contributed by atoms with Gasteiger partial charge in [0.05, 0.1) is 10.6 Å². The fourth-order valence-electron chi connectivity index (χ4n) is 2.84. The molecule has 5 nitrogen and oxygen atoms in total. The molecule has 2 aromatic rings. The minimum atomic E-state index is -4.45. The van der Waals surface area contributed by atoms with E-state index in [-0.39, 0.29) is 36.8 Å². The molecule has 0 atom stereocenters. The van der Waals surface area contributed by atoms with Gasteiger partial charge in [0, 0.05) is 26.2 Å². The Morgan fingerprint density at radius 3 is 2.14 bits per heavy atom. The van der Waals surface area contributed by atoms with Gasteiger partial charge >= 0.3 is 0 Å². The van der Waals surface area contributed by atoms with Crippen molar-refractivity contribution in [3.05, 3.63) is 64.2 Å². The largest absolute Gasteiger partial charge is 0.336 e. The second-order valence-electron chi connectivity index (χ2n) is 5.97. The number of benzene rings is 2. The Morgan fingerprint density at radius 1 is 0.893 bits per heavy atom. The summed E-state index contributed by atoms with van der Waals surface area (Å²) in [5.74, 6) is -6.72. The molecule has 0 bridgehead atoms. The molecule has 1 aliphatic rings. The molecule has 1 amide bonds. The van der Waals surface area contributed by atoms with Gasteiger partial charge in [0.2, 0.25) is 10.0 Å². The Bertz CT molecular complexity index is 1020.